The molecule has 0 spiro atoms. The summed E-state index contributed by atoms with van der Waals surface area (Å²) in [6, 6.07) is 4.08. The molecule has 7 heteroatoms. The summed E-state index contributed by atoms with van der Waals surface area (Å²) in [5, 5.41) is 2.89. The molecule has 2 aromatic heterocycles. The van der Waals surface area contributed by atoms with Crippen LogP contribution in [0.25, 0.3) is 0 Å². The lowest BCUT2D eigenvalue weighted by Crippen LogP contribution is -2.38. The highest BCUT2D eigenvalue weighted by molar-refractivity contribution is 5.77. The van der Waals surface area contributed by atoms with Crippen LogP contribution < -0.4 is 5.32 Å². The number of carbonyl (C=O) groups excluding carboxylic acids is 1. The first-order valence-corrected chi connectivity index (χ1v) is 8.23. The number of aromatic nitrogens is 1. The van der Waals surface area contributed by atoms with E-state index >= 15 is 0 Å². The molecule has 130 valence electrons. The minimum absolute atomic E-state index is 0.0260. The zero-order valence-electron chi connectivity index (χ0n) is 14.2. The van der Waals surface area contributed by atoms with Gasteiger partial charge < -0.3 is 14.2 Å². The number of hydrogen-bond donors (Lipinski definition) is 1. The Morgan fingerprint density at radius 3 is 3.12 bits per heavy atom. The van der Waals surface area contributed by atoms with E-state index in [1.165, 1.54) is 0 Å². The number of carbonyl (C=O) groups is 1. The topological polar surface area (TPSA) is 74.8 Å². The van der Waals surface area contributed by atoms with Crippen molar-refractivity contribution in [2.45, 2.75) is 32.5 Å². The zero-order valence-corrected chi connectivity index (χ0v) is 14.2. The van der Waals surface area contributed by atoms with Crippen LogP contribution in [0.1, 0.15) is 23.8 Å². The van der Waals surface area contributed by atoms with Gasteiger partial charge in [-0.25, -0.2) is 4.98 Å². The second-order valence-corrected chi connectivity index (χ2v) is 6.31. The lowest BCUT2D eigenvalue weighted by atomic mass is 10.2. The van der Waals surface area contributed by atoms with Crippen molar-refractivity contribution in [1.29, 1.82) is 0 Å². The van der Waals surface area contributed by atoms with Gasteiger partial charge in [-0.15, -0.1) is 0 Å². The molecule has 0 aromatic carbocycles. The van der Waals surface area contributed by atoms with E-state index in [1.54, 1.807) is 12.5 Å². The first-order valence-electron chi connectivity index (χ1n) is 8.23. The maximum Gasteiger partial charge on any atom is 0.234 e. The van der Waals surface area contributed by atoms with E-state index in [0.717, 1.165) is 36.9 Å². The van der Waals surface area contributed by atoms with Crippen LogP contribution >= 0.6 is 0 Å². The van der Waals surface area contributed by atoms with Crippen LogP contribution in [0.3, 0.4) is 0 Å². The Bertz CT molecular complexity index is 653. The van der Waals surface area contributed by atoms with Gasteiger partial charge >= 0.3 is 0 Å². The van der Waals surface area contributed by atoms with Crippen molar-refractivity contribution in [3.05, 3.63) is 42.0 Å². The van der Waals surface area contributed by atoms with E-state index in [2.05, 4.69) is 27.1 Å². The highest BCUT2D eigenvalue weighted by Gasteiger charge is 2.27. The fourth-order valence-electron chi connectivity index (χ4n) is 2.99. The molecule has 0 saturated carbocycles. The van der Waals surface area contributed by atoms with Gasteiger partial charge in [0, 0.05) is 19.1 Å². The van der Waals surface area contributed by atoms with Crippen LogP contribution in [-0.2, 0) is 17.9 Å². The van der Waals surface area contributed by atoms with Crippen molar-refractivity contribution in [1.82, 2.24) is 20.1 Å². The number of nitrogens with zero attached hydrogens (tertiary/aromatic N) is 3. The van der Waals surface area contributed by atoms with Gasteiger partial charge in [0.25, 0.3) is 0 Å². The predicted octanol–water partition coefficient (Wildman–Crippen LogP) is 1.40. The molecule has 1 fully saturated rings. The third kappa shape index (κ3) is 4.46. The standard InChI is InChI=1S/C17H24N4O3/c1-13-8-19-17(24-13)12-20(2)14-5-6-21(10-14)11-16(22)18-9-15-4-3-7-23-15/h3-4,7-8,14H,5-6,9-12H2,1-2H3,(H,18,22). The molecule has 1 atom stereocenters. The van der Waals surface area contributed by atoms with Crippen molar-refractivity contribution in [3.63, 3.8) is 0 Å². The number of rotatable bonds is 7. The Labute approximate surface area is 141 Å². The van der Waals surface area contributed by atoms with Gasteiger partial charge in [-0.1, -0.05) is 0 Å². The lowest BCUT2D eigenvalue weighted by Gasteiger charge is -2.23. The van der Waals surface area contributed by atoms with Gasteiger partial charge in [-0.3, -0.25) is 14.6 Å². The number of likely N-dealkylation sites (tertiary alicyclic amines) is 1. The van der Waals surface area contributed by atoms with E-state index in [-0.39, 0.29) is 5.91 Å². The Morgan fingerprint density at radius 1 is 1.54 bits per heavy atom. The van der Waals surface area contributed by atoms with Crippen LogP contribution in [0.15, 0.2) is 33.4 Å². The minimum Gasteiger partial charge on any atom is -0.467 e. The molecule has 0 aliphatic carbocycles. The summed E-state index contributed by atoms with van der Waals surface area (Å²) in [5.41, 5.74) is 0. The van der Waals surface area contributed by atoms with E-state index in [0.29, 0.717) is 25.7 Å². The number of oxazole rings is 1. The summed E-state index contributed by atoms with van der Waals surface area (Å²) in [6.07, 6.45) is 4.40. The fourth-order valence-corrected chi connectivity index (χ4v) is 2.99. The van der Waals surface area contributed by atoms with E-state index < -0.39 is 0 Å². The molecule has 24 heavy (non-hydrogen) atoms. The van der Waals surface area contributed by atoms with Crippen molar-refractivity contribution in [2.75, 3.05) is 26.7 Å². The Balaban J connectivity index is 1.40. The molecule has 3 heterocycles. The summed E-state index contributed by atoms with van der Waals surface area (Å²) in [4.78, 5) is 20.7. The van der Waals surface area contributed by atoms with Crippen molar-refractivity contribution >= 4 is 5.91 Å². The molecule has 1 saturated heterocycles. The molecular formula is C17H24N4O3. The maximum absolute atomic E-state index is 12.0. The molecule has 1 amide bonds. The molecular weight excluding hydrogens is 308 g/mol. The molecule has 1 unspecified atom stereocenters. The number of amides is 1. The number of hydrogen-bond acceptors (Lipinski definition) is 6. The highest BCUT2D eigenvalue weighted by atomic mass is 16.4. The Hall–Kier alpha value is -2.12. The quantitative estimate of drug-likeness (QED) is 0.826. The Morgan fingerprint density at radius 2 is 2.42 bits per heavy atom. The SMILES string of the molecule is Cc1cnc(CN(C)C2CCN(CC(=O)NCc3ccco3)C2)o1. The zero-order chi connectivity index (χ0) is 16.9. The van der Waals surface area contributed by atoms with Gasteiger partial charge in [0.05, 0.1) is 32.1 Å². The molecule has 0 bridgehead atoms. The lowest BCUT2D eigenvalue weighted by molar-refractivity contribution is -0.122. The van der Waals surface area contributed by atoms with Gasteiger partial charge in [-0.2, -0.15) is 0 Å². The van der Waals surface area contributed by atoms with Gasteiger partial charge in [0.2, 0.25) is 11.8 Å². The number of furan rings is 1. The van der Waals surface area contributed by atoms with Crippen LogP contribution in [0.5, 0.6) is 0 Å². The Kier molecular flexibility index (Phi) is 5.32. The van der Waals surface area contributed by atoms with Crippen LogP contribution in [0.2, 0.25) is 0 Å². The molecule has 1 aliphatic heterocycles. The van der Waals surface area contributed by atoms with Crippen molar-refractivity contribution < 1.29 is 13.6 Å². The third-order valence-corrected chi connectivity index (χ3v) is 4.33. The largest absolute Gasteiger partial charge is 0.467 e. The van der Waals surface area contributed by atoms with E-state index in [1.807, 2.05) is 19.1 Å². The van der Waals surface area contributed by atoms with Gasteiger partial charge in [0.15, 0.2) is 0 Å². The summed E-state index contributed by atoms with van der Waals surface area (Å²) in [7, 11) is 2.07. The number of nitrogens with one attached hydrogen (secondary N) is 1. The molecule has 7 nitrogen and oxygen atoms in total. The van der Waals surface area contributed by atoms with Crippen molar-refractivity contribution in [3.8, 4) is 0 Å². The van der Waals surface area contributed by atoms with Gasteiger partial charge in [0.1, 0.15) is 11.5 Å². The summed E-state index contributed by atoms with van der Waals surface area (Å²) in [5.74, 6) is 2.37. The molecule has 3 rings (SSSR count). The third-order valence-electron chi connectivity index (χ3n) is 4.33. The summed E-state index contributed by atoms with van der Waals surface area (Å²) in [6.45, 7) is 5.25. The van der Waals surface area contributed by atoms with E-state index in [9.17, 15) is 4.79 Å². The first kappa shape index (κ1) is 16.7. The fraction of sp³-hybridized carbons (Fsp3) is 0.529. The maximum atomic E-state index is 12.0. The highest BCUT2D eigenvalue weighted by Crippen LogP contribution is 2.16. The monoisotopic (exact) mass is 332 g/mol. The first-order chi connectivity index (χ1) is 11.6. The number of likely N-dealkylation sites (N-methyl/N-ethyl adjacent to an activating group) is 1. The normalized spacial score (nSPS) is 18.4. The second-order valence-electron chi connectivity index (χ2n) is 6.31. The second kappa shape index (κ2) is 7.63. The average molecular weight is 332 g/mol. The summed E-state index contributed by atoms with van der Waals surface area (Å²) < 4.78 is 10.7. The van der Waals surface area contributed by atoms with E-state index in [4.69, 9.17) is 8.83 Å². The van der Waals surface area contributed by atoms with Crippen LogP contribution in [-0.4, -0.2) is 53.4 Å². The molecule has 0 radical (unpaired) electrons. The van der Waals surface area contributed by atoms with Crippen molar-refractivity contribution in [2.24, 2.45) is 0 Å². The molecule has 1 N–H and O–H groups in total. The van der Waals surface area contributed by atoms with Crippen LogP contribution in [0, 0.1) is 6.92 Å². The smallest absolute Gasteiger partial charge is 0.234 e. The summed E-state index contributed by atoms with van der Waals surface area (Å²) >= 11 is 0. The number of aryl methyl sites for hydroxylation is 1. The minimum atomic E-state index is 0.0260. The average Bonchev–Trinajstić information content (AvgIpc) is 3.27. The molecule has 2 aromatic rings. The predicted molar refractivity (Wildman–Crippen MR) is 88.1 cm³/mol. The van der Waals surface area contributed by atoms with Gasteiger partial charge in [-0.05, 0) is 32.5 Å². The van der Waals surface area contributed by atoms with Crippen LogP contribution in [0.4, 0.5) is 0 Å². The molecule has 1 aliphatic rings.